The zero-order chi connectivity index (χ0) is 17.6. The van der Waals surface area contributed by atoms with Crippen LogP contribution in [0.2, 0.25) is 0 Å². The summed E-state index contributed by atoms with van der Waals surface area (Å²) in [5.74, 6) is 0.815. The topological polar surface area (TPSA) is 71.8 Å². The van der Waals surface area contributed by atoms with E-state index in [4.69, 9.17) is 0 Å². The van der Waals surface area contributed by atoms with Crippen molar-refractivity contribution in [3.05, 3.63) is 66.2 Å². The van der Waals surface area contributed by atoms with Crippen molar-refractivity contribution in [1.29, 1.82) is 0 Å². The third-order valence-electron chi connectivity index (χ3n) is 4.71. The minimum Gasteiger partial charge on any atom is -0.341 e. The maximum absolute atomic E-state index is 4.34. The number of hydrogen-bond acceptors (Lipinski definition) is 6. The Hall–Kier alpha value is -2.80. The molecule has 7 nitrogen and oxygen atoms in total. The van der Waals surface area contributed by atoms with Crippen molar-refractivity contribution in [3.8, 4) is 0 Å². The Morgan fingerprint density at radius 3 is 2.50 bits per heavy atom. The van der Waals surface area contributed by atoms with E-state index in [0.29, 0.717) is 6.04 Å². The Bertz CT molecular complexity index is 795. The largest absolute Gasteiger partial charge is 0.341 e. The summed E-state index contributed by atoms with van der Waals surface area (Å²) in [6, 6.07) is 12.6. The van der Waals surface area contributed by atoms with Gasteiger partial charge in [-0.3, -0.25) is 0 Å². The van der Waals surface area contributed by atoms with Gasteiger partial charge in [0.05, 0.1) is 17.9 Å². The van der Waals surface area contributed by atoms with Gasteiger partial charge in [-0.05, 0) is 24.5 Å². The van der Waals surface area contributed by atoms with Crippen molar-refractivity contribution in [2.45, 2.75) is 32.0 Å². The van der Waals surface area contributed by atoms with Gasteiger partial charge < -0.3 is 10.2 Å². The van der Waals surface area contributed by atoms with Crippen molar-refractivity contribution in [2.24, 2.45) is 0 Å². The molecule has 1 aliphatic rings. The predicted molar refractivity (Wildman–Crippen MR) is 99.5 cm³/mol. The Labute approximate surface area is 153 Å². The second-order valence-electron chi connectivity index (χ2n) is 6.55. The lowest BCUT2D eigenvalue weighted by molar-refractivity contribution is 0.358. The summed E-state index contributed by atoms with van der Waals surface area (Å²) >= 11 is 0. The van der Waals surface area contributed by atoms with Crippen molar-refractivity contribution < 1.29 is 0 Å². The van der Waals surface area contributed by atoms with Gasteiger partial charge in [-0.2, -0.15) is 0 Å². The molecule has 0 saturated carbocycles. The zero-order valence-corrected chi connectivity index (χ0v) is 14.7. The summed E-state index contributed by atoms with van der Waals surface area (Å²) in [4.78, 5) is 10.9. The van der Waals surface area contributed by atoms with Crippen molar-refractivity contribution in [2.75, 3.05) is 18.0 Å². The Morgan fingerprint density at radius 2 is 1.73 bits per heavy atom. The van der Waals surface area contributed by atoms with Gasteiger partial charge in [-0.15, -0.1) is 5.10 Å². The molecule has 3 heterocycles. The van der Waals surface area contributed by atoms with Gasteiger partial charge >= 0.3 is 0 Å². The average molecular weight is 349 g/mol. The number of hydrogen-bond donors (Lipinski definition) is 1. The lowest BCUT2D eigenvalue weighted by atomic mass is 10.1. The van der Waals surface area contributed by atoms with Gasteiger partial charge in [0, 0.05) is 38.6 Å². The lowest BCUT2D eigenvalue weighted by Gasteiger charge is -2.31. The fraction of sp³-hybridized carbons (Fsp3) is 0.368. The quantitative estimate of drug-likeness (QED) is 0.736. The third-order valence-corrected chi connectivity index (χ3v) is 4.71. The van der Waals surface area contributed by atoms with E-state index in [0.717, 1.165) is 50.7 Å². The predicted octanol–water partition coefficient (Wildman–Crippen LogP) is 2.20. The molecule has 0 aliphatic carbocycles. The first-order chi connectivity index (χ1) is 12.9. The minimum atomic E-state index is 0.394. The van der Waals surface area contributed by atoms with E-state index in [9.17, 15) is 0 Å². The van der Waals surface area contributed by atoms with E-state index < -0.39 is 0 Å². The molecule has 1 saturated heterocycles. The van der Waals surface area contributed by atoms with Crippen LogP contribution in [0.15, 0.2) is 55.0 Å². The van der Waals surface area contributed by atoms with E-state index in [1.165, 1.54) is 5.56 Å². The highest BCUT2D eigenvalue weighted by molar-refractivity contribution is 5.29. The van der Waals surface area contributed by atoms with Crippen LogP contribution in [0.4, 0.5) is 5.95 Å². The SMILES string of the molecule is c1ccc(CNCc2cn(C3CCN(c4ncccn4)CC3)nn2)cc1. The molecule has 7 heteroatoms. The van der Waals surface area contributed by atoms with Crippen LogP contribution >= 0.6 is 0 Å². The molecule has 1 aromatic carbocycles. The lowest BCUT2D eigenvalue weighted by Crippen LogP contribution is -2.35. The summed E-state index contributed by atoms with van der Waals surface area (Å²) in [6.07, 6.45) is 7.70. The number of benzene rings is 1. The highest BCUT2D eigenvalue weighted by atomic mass is 15.4. The van der Waals surface area contributed by atoms with Crippen molar-refractivity contribution >= 4 is 5.95 Å². The fourth-order valence-corrected chi connectivity index (χ4v) is 3.29. The summed E-state index contributed by atoms with van der Waals surface area (Å²) in [6.45, 7) is 3.45. The molecule has 2 aromatic heterocycles. The maximum atomic E-state index is 4.34. The van der Waals surface area contributed by atoms with Crippen LogP contribution in [0.25, 0.3) is 0 Å². The normalized spacial score (nSPS) is 15.3. The number of aromatic nitrogens is 5. The fourth-order valence-electron chi connectivity index (χ4n) is 3.29. The summed E-state index contributed by atoms with van der Waals surface area (Å²) in [5, 5.41) is 12.1. The molecule has 1 fully saturated rings. The Morgan fingerprint density at radius 1 is 0.962 bits per heavy atom. The van der Waals surface area contributed by atoms with Gasteiger partial charge in [0.25, 0.3) is 0 Å². The molecule has 0 radical (unpaired) electrons. The summed E-state index contributed by atoms with van der Waals surface area (Å²) in [5.41, 5.74) is 2.25. The molecule has 0 atom stereocenters. The van der Waals surface area contributed by atoms with Crippen molar-refractivity contribution in [3.63, 3.8) is 0 Å². The van der Waals surface area contributed by atoms with Crippen LogP contribution in [-0.4, -0.2) is 38.1 Å². The first kappa shape index (κ1) is 16.7. The first-order valence-electron chi connectivity index (χ1n) is 9.06. The number of rotatable bonds is 6. The van der Waals surface area contributed by atoms with Gasteiger partial charge in [-0.25, -0.2) is 14.6 Å². The zero-order valence-electron chi connectivity index (χ0n) is 14.7. The second-order valence-corrected chi connectivity index (χ2v) is 6.55. The maximum Gasteiger partial charge on any atom is 0.225 e. The molecule has 0 unspecified atom stereocenters. The molecule has 0 spiro atoms. The molecule has 1 N–H and O–H groups in total. The van der Waals surface area contributed by atoms with Crippen molar-refractivity contribution in [1.82, 2.24) is 30.3 Å². The molecule has 0 amide bonds. The highest BCUT2D eigenvalue weighted by Crippen LogP contribution is 2.23. The average Bonchev–Trinajstić information content (AvgIpc) is 3.19. The smallest absolute Gasteiger partial charge is 0.225 e. The van der Waals surface area contributed by atoms with Crippen LogP contribution in [0.3, 0.4) is 0 Å². The molecule has 3 aromatic rings. The van der Waals surface area contributed by atoms with Crippen LogP contribution in [-0.2, 0) is 13.1 Å². The number of nitrogens with one attached hydrogen (secondary N) is 1. The number of anilines is 1. The highest BCUT2D eigenvalue weighted by Gasteiger charge is 2.22. The standard InChI is InChI=1S/C19H23N7/c1-2-5-16(6-3-1)13-20-14-17-15-26(24-23-17)18-7-11-25(12-8-18)19-21-9-4-10-22-19/h1-6,9-10,15,18,20H,7-8,11-14H2. The van der Waals surface area contributed by atoms with E-state index in [-0.39, 0.29) is 0 Å². The molecule has 134 valence electrons. The van der Waals surface area contributed by atoms with Crippen LogP contribution in [0.5, 0.6) is 0 Å². The van der Waals surface area contributed by atoms with E-state index in [1.54, 1.807) is 12.4 Å². The van der Waals surface area contributed by atoms with Gasteiger partial charge in [-0.1, -0.05) is 35.5 Å². The molecule has 0 bridgehead atoms. The molecule has 1 aliphatic heterocycles. The molecule has 4 rings (SSSR count). The van der Waals surface area contributed by atoms with Gasteiger partial charge in [0.2, 0.25) is 5.95 Å². The van der Waals surface area contributed by atoms with Gasteiger partial charge in [0.15, 0.2) is 0 Å². The van der Waals surface area contributed by atoms with Gasteiger partial charge in [0.1, 0.15) is 0 Å². The summed E-state index contributed by atoms with van der Waals surface area (Å²) in [7, 11) is 0. The first-order valence-corrected chi connectivity index (χ1v) is 9.06. The Balaban J connectivity index is 1.27. The third kappa shape index (κ3) is 4.05. The summed E-state index contributed by atoms with van der Waals surface area (Å²) < 4.78 is 2.02. The second kappa shape index (κ2) is 8.05. The van der Waals surface area contributed by atoms with Crippen LogP contribution < -0.4 is 10.2 Å². The van der Waals surface area contributed by atoms with Crippen LogP contribution in [0.1, 0.15) is 30.1 Å². The molecular weight excluding hydrogens is 326 g/mol. The molecular formula is C19H23N7. The number of nitrogens with zero attached hydrogens (tertiary/aromatic N) is 6. The van der Waals surface area contributed by atoms with Crippen LogP contribution in [0, 0.1) is 0 Å². The Kier molecular flexibility index (Phi) is 5.16. The van der Waals surface area contributed by atoms with E-state index in [2.05, 4.69) is 61.0 Å². The molecule has 26 heavy (non-hydrogen) atoms. The monoisotopic (exact) mass is 349 g/mol. The van der Waals surface area contributed by atoms with E-state index >= 15 is 0 Å². The van der Waals surface area contributed by atoms with E-state index in [1.807, 2.05) is 16.8 Å². The minimum absolute atomic E-state index is 0.394. The number of piperidine rings is 1.